The van der Waals surface area contributed by atoms with Crippen molar-refractivity contribution in [3.8, 4) is 5.75 Å². The van der Waals surface area contributed by atoms with Crippen molar-refractivity contribution in [2.45, 2.75) is 39.7 Å². The van der Waals surface area contributed by atoms with Crippen LogP contribution in [0.25, 0.3) is 0 Å². The highest BCUT2D eigenvalue weighted by Crippen LogP contribution is 2.15. The summed E-state index contributed by atoms with van der Waals surface area (Å²) in [7, 11) is 0. The Morgan fingerprint density at radius 3 is 2.64 bits per heavy atom. The quantitative estimate of drug-likeness (QED) is 0.852. The third-order valence-corrected chi connectivity index (χ3v) is 3.30. The van der Waals surface area contributed by atoms with Gasteiger partial charge in [0.2, 0.25) is 5.91 Å². The van der Waals surface area contributed by atoms with E-state index in [0.717, 1.165) is 17.1 Å². The van der Waals surface area contributed by atoms with Gasteiger partial charge in [-0.15, -0.1) is 0 Å². The molecule has 1 aromatic heterocycles. The van der Waals surface area contributed by atoms with E-state index in [1.807, 2.05) is 51.1 Å². The molecule has 0 saturated carbocycles. The molecular weight excluding hydrogens is 278 g/mol. The Balaban J connectivity index is 1.86. The van der Waals surface area contributed by atoms with E-state index < -0.39 is 0 Å². The van der Waals surface area contributed by atoms with Crippen LogP contribution >= 0.6 is 0 Å². The van der Waals surface area contributed by atoms with E-state index in [0.29, 0.717) is 19.4 Å². The third kappa shape index (κ3) is 4.35. The number of nitrogens with one attached hydrogen (secondary N) is 1. The van der Waals surface area contributed by atoms with E-state index >= 15 is 0 Å². The Kier molecular flexibility index (Phi) is 5.58. The Bertz CT molecular complexity index is 603. The molecule has 5 heteroatoms. The molecule has 22 heavy (non-hydrogen) atoms. The lowest BCUT2D eigenvalue weighted by molar-refractivity contribution is -0.116. The van der Waals surface area contributed by atoms with Gasteiger partial charge in [0.1, 0.15) is 11.6 Å². The maximum atomic E-state index is 12.1. The number of aryl methyl sites for hydroxylation is 1. The van der Waals surface area contributed by atoms with Crippen LogP contribution in [0.15, 0.2) is 36.5 Å². The molecule has 0 atom stereocenters. The molecule has 2 rings (SSSR count). The molecule has 0 spiro atoms. The van der Waals surface area contributed by atoms with Gasteiger partial charge in [-0.25, -0.2) is 4.68 Å². The van der Waals surface area contributed by atoms with Gasteiger partial charge in [0.25, 0.3) is 0 Å². The van der Waals surface area contributed by atoms with Crippen molar-refractivity contribution >= 4 is 11.7 Å². The first-order valence-corrected chi connectivity index (χ1v) is 7.65. The van der Waals surface area contributed by atoms with Crippen molar-refractivity contribution in [2.24, 2.45) is 0 Å². The number of hydrogen-bond donors (Lipinski definition) is 1. The second-order valence-corrected chi connectivity index (χ2v) is 5.38. The summed E-state index contributed by atoms with van der Waals surface area (Å²) >= 11 is 0. The monoisotopic (exact) mass is 301 g/mol. The van der Waals surface area contributed by atoms with Crippen LogP contribution < -0.4 is 10.1 Å². The van der Waals surface area contributed by atoms with Crippen LogP contribution in [0, 0.1) is 0 Å². The van der Waals surface area contributed by atoms with Gasteiger partial charge >= 0.3 is 0 Å². The first kappa shape index (κ1) is 16.1. The molecule has 1 amide bonds. The number of nitrogens with zero attached hydrogens (tertiary/aromatic N) is 2. The summed E-state index contributed by atoms with van der Waals surface area (Å²) in [6, 6.07) is 9.90. The van der Waals surface area contributed by atoms with Crippen LogP contribution in [0.2, 0.25) is 0 Å². The van der Waals surface area contributed by atoms with E-state index in [4.69, 9.17) is 4.74 Å². The number of hydrogen-bond acceptors (Lipinski definition) is 3. The number of ether oxygens (including phenoxy) is 1. The SMILES string of the molecule is CCOc1ccc(CCC(=O)Nc2ccnn2C(C)C)cc1. The highest BCUT2D eigenvalue weighted by molar-refractivity contribution is 5.89. The summed E-state index contributed by atoms with van der Waals surface area (Å²) in [4.78, 5) is 12.1. The molecule has 0 saturated heterocycles. The summed E-state index contributed by atoms with van der Waals surface area (Å²) < 4.78 is 7.20. The van der Waals surface area contributed by atoms with E-state index in [-0.39, 0.29) is 11.9 Å². The van der Waals surface area contributed by atoms with Gasteiger partial charge in [-0.2, -0.15) is 5.10 Å². The smallest absolute Gasteiger partial charge is 0.225 e. The van der Waals surface area contributed by atoms with Gasteiger partial charge in [-0.1, -0.05) is 12.1 Å². The summed E-state index contributed by atoms with van der Waals surface area (Å²) in [5.41, 5.74) is 1.12. The molecule has 118 valence electrons. The fourth-order valence-electron chi connectivity index (χ4n) is 2.21. The van der Waals surface area contributed by atoms with Crippen LogP contribution in [-0.4, -0.2) is 22.3 Å². The van der Waals surface area contributed by atoms with Crippen LogP contribution in [0.4, 0.5) is 5.82 Å². The normalized spacial score (nSPS) is 10.7. The summed E-state index contributed by atoms with van der Waals surface area (Å²) in [6.45, 7) is 6.68. The first-order chi connectivity index (χ1) is 10.6. The zero-order valence-electron chi connectivity index (χ0n) is 13.4. The van der Waals surface area contributed by atoms with Crippen LogP contribution in [0.3, 0.4) is 0 Å². The Morgan fingerprint density at radius 2 is 2.00 bits per heavy atom. The summed E-state index contributed by atoms with van der Waals surface area (Å²) in [5, 5.41) is 7.11. The standard InChI is InChI=1S/C17H23N3O2/c1-4-22-15-8-5-14(6-9-15)7-10-17(21)19-16-11-12-18-20(16)13(2)3/h5-6,8-9,11-13H,4,7,10H2,1-3H3,(H,19,21). The lowest BCUT2D eigenvalue weighted by atomic mass is 10.1. The van der Waals surface area contributed by atoms with E-state index in [2.05, 4.69) is 10.4 Å². The molecule has 0 aliphatic rings. The lowest BCUT2D eigenvalue weighted by Gasteiger charge is -2.11. The van der Waals surface area contributed by atoms with Crippen LogP contribution in [0.1, 0.15) is 38.8 Å². The number of carbonyl (C=O) groups is 1. The van der Waals surface area contributed by atoms with Gasteiger partial charge < -0.3 is 10.1 Å². The average Bonchev–Trinajstić information content (AvgIpc) is 2.95. The minimum atomic E-state index is -0.00344. The fraction of sp³-hybridized carbons (Fsp3) is 0.412. The maximum absolute atomic E-state index is 12.1. The molecule has 2 aromatic rings. The summed E-state index contributed by atoms with van der Waals surface area (Å²) in [6.07, 6.45) is 2.84. The number of amides is 1. The Hall–Kier alpha value is -2.30. The number of rotatable bonds is 7. The molecule has 0 unspecified atom stereocenters. The number of anilines is 1. The second-order valence-electron chi connectivity index (χ2n) is 5.38. The molecule has 0 radical (unpaired) electrons. The molecule has 5 nitrogen and oxygen atoms in total. The van der Waals surface area contributed by atoms with Gasteiger partial charge in [0.05, 0.1) is 12.8 Å². The van der Waals surface area contributed by atoms with Crippen molar-refractivity contribution in [3.63, 3.8) is 0 Å². The molecule has 1 aromatic carbocycles. The molecule has 0 bridgehead atoms. The van der Waals surface area contributed by atoms with Gasteiger partial charge in [-0.05, 0) is 44.9 Å². The highest BCUT2D eigenvalue weighted by Gasteiger charge is 2.09. The van der Waals surface area contributed by atoms with E-state index in [1.165, 1.54) is 0 Å². The van der Waals surface area contributed by atoms with Gasteiger partial charge in [0, 0.05) is 18.5 Å². The number of benzene rings is 1. The third-order valence-electron chi connectivity index (χ3n) is 3.30. The molecule has 1 N–H and O–H groups in total. The first-order valence-electron chi connectivity index (χ1n) is 7.65. The van der Waals surface area contributed by atoms with Crippen LogP contribution in [0.5, 0.6) is 5.75 Å². The molecular formula is C17H23N3O2. The van der Waals surface area contributed by atoms with E-state index in [9.17, 15) is 4.79 Å². The minimum Gasteiger partial charge on any atom is -0.494 e. The molecule has 0 aliphatic heterocycles. The average molecular weight is 301 g/mol. The Morgan fingerprint density at radius 1 is 1.27 bits per heavy atom. The summed E-state index contributed by atoms with van der Waals surface area (Å²) in [5.74, 6) is 1.60. The molecule has 1 heterocycles. The van der Waals surface area contributed by atoms with Crippen molar-refractivity contribution < 1.29 is 9.53 Å². The zero-order chi connectivity index (χ0) is 15.9. The maximum Gasteiger partial charge on any atom is 0.225 e. The predicted molar refractivity (Wildman–Crippen MR) is 87.2 cm³/mol. The zero-order valence-corrected chi connectivity index (χ0v) is 13.4. The lowest BCUT2D eigenvalue weighted by Crippen LogP contribution is -2.17. The topological polar surface area (TPSA) is 56.1 Å². The number of carbonyl (C=O) groups excluding carboxylic acids is 1. The van der Waals surface area contributed by atoms with Crippen LogP contribution in [-0.2, 0) is 11.2 Å². The van der Waals surface area contributed by atoms with Gasteiger partial charge in [0.15, 0.2) is 0 Å². The second kappa shape index (κ2) is 7.64. The highest BCUT2D eigenvalue weighted by atomic mass is 16.5. The van der Waals surface area contributed by atoms with Gasteiger partial charge in [-0.3, -0.25) is 4.79 Å². The van der Waals surface area contributed by atoms with E-state index in [1.54, 1.807) is 10.9 Å². The number of aromatic nitrogens is 2. The molecule has 0 fully saturated rings. The van der Waals surface area contributed by atoms with Crippen molar-refractivity contribution in [1.82, 2.24) is 9.78 Å². The largest absolute Gasteiger partial charge is 0.494 e. The Labute approximate surface area is 131 Å². The van der Waals surface area contributed by atoms with Crippen molar-refractivity contribution in [1.29, 1.82) is 0 Å². The minimum absolute atomic E-state index is 0.00344. The molecule has 0 aliphatic carbocycles. The van der Waals surface area contributed by atoms with Crippen molar-refractivity contribution in [2.75, 3.05) is 11.9 Å². The fourth-order valence-corrected chi connectivity index (χ4v) is 2.21. The predicted octanol–water partition coefficient (Wildman–Crippen LogP) is 3.43. The van der Waals surface area contributed by atoms with Crippen molar-refractivity contribution in [3.05, 3.63) is 42.1 Å².